The Labute approximate surface area is 128 Å². The monoisotopic (exact) mass is 353 g/mol. The van der Waals surface area contributed by atoms with Crippen LogP contribution >= 0.6 is 27.3 Å². The molecule has 0 fully saturated rings. The first-order chi connectivity index (χ1) is 9.47. The Morgan fingerprint density at radius 2 is 2.25 bits per heavy atom. The summed E-state index contributed by atoms with van der Waals surface area (Å²) in [6.45, 7) is 3.62. The van der Waals surface area contributed by atoms with Gasteiger partial charge in [-0.2, -0.15) is 5.10 Å². The van der Waals surface area contributed by atoms with Crippen LogP contribution in [0.3, 0.4) is 0 Å². The van der Waals surface area contributed by atoms with E-state index in [1.54, 1.807) is 25.1 Å². The van der Waals surface area contributed by atoms with Gasteiger partial charge in [0.2, 0.25) is 0 Å². The number of halogens is 1. The number of thiazole rings is 1. The zero-order valence-electron chi connectivity index (χ0n) is 10.8. The number of hydrogen-bond acceptors (Lipinski definition) is 5. The highest BCUT2D eigenvalue weighted by molar-refractivity contribution is 9.10. The van der Waals surface area contributed by atoms with Crippen LogP contribution in [0.1, 0.15) is 25.9 Å². The van der Waals surface area contributed by atoms with E-state index < -0.39 is 0 Å². The molecule has 7 heteroatoms. The molecule has 0 radical (unpaired) electrons. The highest BCUT2D eigenvalue weighted by atomic mass is 79.9. The molecule has 20 heavy (non-hydrogen) atoms. The van der Waals surface area contributed by atoms with Gasteiger partial charge in [0.25, 0.3) is 5.91 Å². The van der Waals surface area contributed by atoms with E-state index in [1.807, 2.05) is 6.92 Å². The predicted octanol–water partition coefficient (Wildman–Crippen LogP) is 2.99. The molecule has 1 heterocycles. The van der Waals surface area contributed by atoms with Crippen molar-refractivity contribution in [2.75, 3.05) is 0 Å². The normalized spacial score (nSPS) is 10.9. The molecule has 0 aliphatic carbocycles. The van der Waals surface area contributed by atoms with E-state index in [9.17, 15) is 9.90 Å². The quantitative estimate of drug-likeness (QED) is 0.657. The molecule has 104 valence electrons. The summed E-state index contributed by atoms with van der Waals surface area (Å²) in [6.07, 6.45) is 1.39. The third-order valence-electron chi connectivity index (χ3n) is 2.47. The summed E-state index contributed by atoms with van der Waals surface area (Å²) < 4.78 is 0.817. The van der Waals surface area contributed by atoms with Crippen molar-refractivity contribution in [3.8, 4) is 5.75 Å². The van der Waals surface area contributed by atoms with Crippen LogP contribution in [0.5, 0.6) is 5.75 Å². The van der Waals surface area contributed by atoms with Crippen molar-refractivity contribution >= 4 is 39.4 Å². The molecule has 5 nitrogen and oxygen atoms in total. The molecular formula is C13H12BrN3O2S. The van der Waals surface area contributed by atoms with E-state index in [1.165, 1.54) is 17.6 Å². The number of rotatable bonds is 3. The number of aromatic hydroxyl groups is 1. The summed E-state index contributed by atoms with van der Waals surface area (Å²) in [7, 11) is 0. The highest BCUT2D eigenvalue weighted by Crippen LogP contribution is 2.20. The SMILES string of the molecule is Cc1nc(C)c(C(=O)N/N=C\c2cc(Br)ccc2O)s1. The molecule has 0 aliphatic rings. The zero-order valence-corrected chi connectivity index (χ0v) is 13.2. The molecule has 0 saturated carbocycles. The summed E-state index contributed by atoms with van der Waals surface area (Å²) >= 11 is 4.62. The van der Waals surface area contributed by atoms with Gasteiger partial charge in [-0.15, -0.1) is 11.3 Å². The Morgan fingerprint density at radius 1 is 1.50 bits per heavy atom. The number of phenols is 1. The van der Waals surface area contributed by atoms with Crippen LogP contribution in [0, 0.1) is 13.8 Å². The van der Waals surface area contributed by atoms with E-state index >= 15 is 0 Å². The second-order valence-electron chi connectivity index (χ2n) is 4.05. The molecule has 2 rings (SSSR count). The van der Waals surface area contributed by atoms with E-state index in [4.69, 9.17) is 0 Å². The first-order valence-electron chi connectivity index (χ1n) is 5.73. The van der Waals surface area contributed by atoms with Gasteiger partial charge in [-0.05, 0) is 32.0 Å². The van der Waals surface area contributed by atoms with E-state index in [-0.39, 0.29) is 11.7 Å². The first-order valence-corrected chi connectivity index (χ1v) is 7.34. The maximum atomic E-state index is 11.9. The fourth-order valence-corrected chi connectivity index (χ4v) is 2.77. The van der Waals surface area contributed by atoms with Gasteiger partial charge >= 0.3 is 0 Å². The fourth-order valence-electron chi connectivity index (χ4n) is 1.58. The smallest absolute Gasteiger partial charge is 0.283 e. The van der Waals surface area contributed by atoms with Crippen LogP contribution in [-0.2, 0) is 0 Å². The Balaban J connectivity index is 2.08. The van der Waals surface area contributed by atoms with Crippen molar-refractivity contribution in [1.82, 2.24) is 10.4 Å². The van der Waals surface area contributed by atoms with E-state index in [0.717, 1.165) is 9.48 Å². The number of hydrazone groups is 1. The summed E-state index contributed by atoms with van der Waals surface area (Å²) in [5, 5.41) is 14.3. The maximum Gasteiger partial charge on any atom is 0.283 e. The largest absolute Gasteiger partial charge is 0.507 e. The molecule has 0 aliphatic heterocycles. The summed E-state index contributed by atoms with van der Waals surface area (Å²) in [4.78, 5) is 16.6. The minimum atomic E-state index is -0.307. The topological polar surface area (TPSA) is 74.6 Å². The number of aromatic nitrogens is 1. The van der Waals surface area contributed by atoms with Gasteiger partial charge in [-0.25, -0.2) is 10.4 Å². The number of phenolic OH excluding ortho intramolecular Hbond substituents is 1. The summed E-state index contributed by atoms with van der Waals surface area (Å²) in [6, 6.07) is 4.96. The maximum absolute atomic E-state index is 11.9. The lowest BCUT2D eigenvalue weighted by Gasteiger charge is -2.00. The number of carbonyl (C=O) groups is 1. The Kier molecular flexibility index (Phi) is 4.51. The van der Waals surface area contributed by atoms with Gasteiger partial charge in [0, 0.05) is 10.0 Å². The molecule has 1 aromatic carbocycles. The third kappa shape index (κ3) is 3.43. The van der Waals surface area contributed by atoms with Gasteiger partial charge in [-0.1, -0.05) is 15.9 Å². The zero-order chi connectivity index (χ0) is 14.7. The summed E-state index contributed by atoms with van der Waals surface area (Å²) in [5.74, 6) is -0.213. The third-order valence-corrected chi connectivity index (χ3v) is 4.03. The van der Waals surface area contributed by atoms with Gasteiger partial charge in [0.05, 0.1) is 16.9 Å². The van der Waals surface area contributed by atoms with Crippen molar-refractivity contribution in [2.45, 2.75) is 13.8 Å². The number of nitrogens with one attached hydrogen (secondary N) is 1. The lowest BCUT2D eigenvalue weighted by molar-refractivity contribution is 0.0958. The fraction of sp³-hybridized carbons (Fsp3) is 0.154. The number of hydrogen-bond donors (Lipinski definition) is 2. The summed E-state index contributed by atoms with van der Waals surface area (Å²) in [5.41, 5.74) is 3.62. The van der Waals surface area contributed by atoms with Crippen molar-refractivity contribution in [1.29, 1.82) is 0 Å². The van der Waals surface area contributed by atoms with Crippen molar-refractivity contribution in [2.24, 2.45) is 5.10 Å². The molecule has 0 atom stereocenters. The molecule has 0 saturated heterocycles. The standard InChI is InChI=1S/C13H12BrN3O2S/c1-7-12(20-8(2)16-7)13(19)17-15-6-9-5-10(14)3-4-11(9)18/h3-6,18H,1-2H3,(H,17,19)/b15-6-. The van der Waals surface area contributed by atoms with Crippen molar-refractivity contribution in [3.63, 3.8) is 0 Å². The van der Waals surface area contributed by atoms with Gasteiger partial charge in [-0.3, -0.25) is 4.79 Å². The van der Waals surface area contributed by atoms with Crippen LogP contribution < -0.4 is 5.43 Å². The molecule has 0 spiro atoms. The number of nitrogens with zero attached hydrogens (tertiary/aromatic N) is 2. The molecule has 0 bridgehead atoms. The van der Waals surface area contributed by atoms with E-state index in [0.29, 0.717) is 16.1 Å². The minimum absolute atomic E-state index is 0.0935. The molecule has 2 aromatic rings. The van der Waals surface area contributed by atoms with E-state index in [2.05, 4.69) is 31.4 Å². The first kappa shape index (κ1) is 14.7. The minimum Gasteiger partial charge on any atom is -0.507 e. The number of carbonyl (C=O) groups excluding carboxylic acids is 1. The van der Waals surface area contributed by atoms with Crippen molar-refractivity contribution < 1.29 is 9.90 Å². The molecule has 1 aromatic heterocycles. The molecule has 2 N–H and O–H groups in total. The Hall–Kier alpha value is -1.73. The van der Waals surface area contributed by atoms with Crippen LogP contribution in [0.2, 0.25) is 0 Å². The van der Waals surface area contributed by atoms with Crippen molar-refractivity contribution in [3.05, 3.63) is 43.8 Å². The number of aryl methyl sites for hydroxylation is 2. The van der Waals surface area contributed by atoms with Crippen LogP contribution in [0.25, 0.3) is 0 Å². The number of benzene rings is 1. The molecular weight excluding hydrogens is 342 g/mol. The lowest BCUT2D eigenvalue weighted by atomic mass is 10.2. The Bertz CT molecular complexity index is 682. The molecule has 1 amide bonds. The Morgan fingerprint density at radius 3 is 2.90 bits per heavy atom. The average Bonchev–Trinajstić information content (AvgIpc) is 2.72. The van der Waals surface area contributed by atoms with Gasteiger partial charge in [0.15, 0.2) is 0 Å². The van der Waals surface area contributed by atoms with Crippen LogP contribution in [0.15, 0.2) is 27.8 Å². The second kappa shape index (κ2) is 6.15. The van der Waals surface area contributed by atoms with Crippen LogP contribution in [-0.4, -0.2) is 22.2 Å². The number of amides is 1. The lowest BCUT2D eigenvalue weighted by Crippen LogP contribution is -2.17. The second-order valence-corrected chi connectivity index (χ2v) is 6.17. The molecule has 0 unspecified atom stereocenters. The highest BCUT2D eigenvalue weighted by Gasteiger charge is 2.12. The van der Waals surface area contributed by atoms with Gasteiger partial charge in [0.1, 0.15) is 10.6 Å². The van der Waals surface area contributed by atoms with Crippen LogP contribution in [0.4, 0.5) is 0 Å². The van der Waals surface area contributed by atoms with Gasteiger partial charge < -0.3 is 5.11 Å². The predicted molar refractivity (Wildman–Crippen MR) is 82.5 cm³/mol. The average molecular weight is 354 g/mol.